The second kappa shape index (κ2) is 9.37. The standard InChI is InChI=1S/C18H23FN2O3.C2HF3O2/c19-15-8-13(9-15)17(22)21-11-18(12-21)14(4-7-24-18)3-6-23-16-2-1-5-20-10-16;3-2(4,5)1(6)7/h1-2,5,10,13-15H,3-4,6-9,11-12H2;(H,6,7). The molecule has 2 aliphatic heterocycles. The summed E-state index contributed by atoms with van der Waals surface area (Å²) in [6.07, 6.45) is 0.272. The number of carbonyl (C=O) groups is 2. The van der Waals surface area contributed by atoms with Crippen molar-refractivity contribution < 1.29 is 41.7 Å². The molecule has 1 saturated carbocycles. The van der Waals surface area contributed by atoms with Crippen molar-refractivity contribution in [1.82, 2.24) is 9.88 Å². The molecule has 1 amide bonds. The lowest BCUT2D eigenvalue weighted by atomic mass is 9.76. The molecule has 0 aromatic carbocycles. The van der Waals surface area contributed by atoms with Gasteiger partial charge in [-0.1, -0.05) is 0 Å². The molecule has 3 heterocycles. The lowest BCUT2D eigenvalue weighted by Crippen LogP contribution is -2.67. The molecule has 4 rings (SSSR count). The van der Waals surface area contributed by atoms with E-state index in [0.717, 1.165) is 25.2 Å². The summed E-state index contributed by atoms with van der Waals surface area (Å²) in [5.41, 5.74) is -0.202. The van der Waals surface area contributed by atoms with Gasteiger partial charge in [0.15, 0.2) is 0 Å². The Morgan fingerprint density at radius 2 is 2.00 bits per heavy atom. The number of halogens is 4. The predicted octanol–water partition coefficient (Wildman–Crippen LogP) is 2.85. The number of nitrogens with zero attached hydrogens (tertiary/aromatic N) is 2. The molecule has 1 unspecified atom stereocenters. The summed E-state index contributed by atoms with van der Waals surface area (Å²) >= 11 is 0. The second-order valence-corrected chi connectivity index (χ2v) is 7.99. The van der Waals surface area contributed by atoms with Crippen molar-refractivity contribution in [3.63, 3.8) is 0 Å². The zero-order valence-corrected chi connectivity index (χ0v) is 16.7. The van der Waals surface area contributed by atoms with Crippen LogP contribution in [0.2, 0.25) is 0 Å². The van der Waals surface area contributed by atoms with Gasteiger partial charge in [0.1, 0.15) is 17.5 Å². The van der Waals surface area contributed by atoms with Gasteiger partial charge in [0.05, 0.1) is 25.9 Å². The predicted molar refractivity (Wildman–Crippen MR) is 99.0 cm³/mol. The Hall–Kier alpha value is -2.43. The third-order valence-corrected chi connectivity index (χ3v) is 5.87. The number of hydrogen-bond donors (Lipinski definition) is 1. The van der Waals surface area contributed by atoms with Gasteiger partial charge >= 0.3 is 12.1 Å². The van der Waals surface area contributed by atoms with Gasteiger partial charge in [-0.25, -0.2) is 9.18 Å². The summed E-state index contributed by atoms with van der Waals surface area (Å²) in [6.45, 7) is 2.67. The fourth-order valence-corrected chi connectivity index (χ4v) is 4.06. The number of likely N-dealkylation sites (tertiary alicyclic amines) is 1. The van der Waals surface area contributed by atoms with E-state index in [9.17, 15) is 22.4 Å². The Balaban J connectivity index is 0.000000339. The van der Waals surface area contributed by atoms with Crippen molar-refractivity contribution in [3.8, 4) is 5.75 Å². The number of amides is 1. The maximum Gasteiger partial charge on any atom is 0.490 e. The van der Waals surface area contributed by atoms with Crippen LogP contribution >= 0.6 is 0 Å². The summed E-state index contributed by atoms with van der Waals surface area (Å²) in [5, 5.41) is 7.12. The lowest BCUT2D eigenvalue weighted by molar-refractivity contribution is -0.192. The molecule has 2 saturated heterocycles. The minimum absolute atomic E-state index is 0.105. The number of pyridine rings is 1. The van der Waals surface area contributed by atoms with E-state index < -0.39 is 18.3 Å². The minimum atomic E-state index is -5.08. The Kier molecular flexibility index (Phi) is 7.03. The number of hydrogen-bond acceptors (Lipinski definition) is 5. The third-order valence-electron chi connectivity index (χ3n) is 5.87. The molecule has 1 aromatic rings. The van der Waals surface area contributed by atoms with E-state index in [0.29, 0.717) is 38.5 Å². The van der Waals surface area contributed by atoms with E-state index in [1.165, 1.54) is 0 Å². The first-order valence-electron chi connectivity index (χ1n) is 10.0. The summed E-state index contributed by atoms with van der Waals surface area (Å²) < 4.78 is 56.4. The maximum atomic E-state index is 12.9. The molecule has 1 atom stereocenters. The molecule has 0 bridgehead atoms. The number of carboxylic acids is 1. The Morgan fingerprint density at radius 1 is 1.32 bits per heavy atom. The van der Waals surface area contributed by atoms with E-state index in [1.807, 2.05) is 17.0 Å². The summed E-state index contributed by atoms with van der Waals surface area (Å²) in [5.74, 6) is -1.57. The topological polar surface area (TPSA) is 89.0 Å². The van der Waals surface area contributed by atoms with E-state index in [4.69, 9.17) is 19.4 Å². The molecular formula is C20H24F4N2O5. The van der Waals surface area contributed by atoms with Crippen LogP contribution in [-0.4, -0.2) is 71.1 Å². The first kappa shape index (κ1) is 23.2. The van der Waals surface area contributed by atoms with Gasteiger partial charge in [-0.15, -0.1) is 0 Å². The lowest BCUT2D eigenvalue weighted by Gasteiger charge is -2.52. The average molecular weight is 448 g/mol. The van der Waals surface area contributed by atoms with Crippen LogP contribution in [0.3, 0.4) is 0 Å². The third kappa shape index (κ3) is 5.63. The van der Waals surface area contributed by atoms with Gasteiger partial charge in [-0.05, 0) is 43.7 Å². The quantitative estimate of drug-likeness (QED) is 0.697. The van der Waals surface area contributed by atoms with Gasteiger partial charge in [-0.2, -0.15) is 13.2 Å². The molecular weight excluding hydrogens is 424 g/mol. The SMILES string of the molecule is O=C(C1CC(F)C1)N1CC2(C1)OCCC2CCOc1cccnc1.O=C(O)C(F)(F)F. The van der Waals surface area contributed by atoms with Gasteiger partial charge < -0.3 is 19.5 Å². The van der Waals surface area contributed by atoms with Crippen molar-refractivity contribution in [2.75, 3.05) is 26.3 Å². The summed E-state index contributed by atoms with van der Waals surface area (Å²) in [7, 11) is 0. The average Bonchev–Trinajstić information content (AvgIpc) is 3.08. The molecule has 1 N–H and O–H groups in total. The van der Waals surface area contributed by atoms with Crippen LogP contribution in [0.25, 0.3) is 0 Å². The fraction of sp³-hybridized carbons (Fsp3) is 0.650. The van der Waals surface area contributed by atoms with Crippen LogP contribution in [0.15, 0.2) is 24.5 Å². The molecule has 3 aliphatic rings. The molecule has 1 aromatic heterocycles. The molecule has 7 nitrogen and oxygen atoms in total. The van der Waals surface area contributed by atoms with Crippen molar-refractivity contribution in [2.24, 2.45) is 11.8 Å². The van der Waals surface area contributed by atoms with E-state index >= 15 is 0 Å². The monoisotopic (exact) mass is 448 g/mol. The number of alkyl halides is 4. The highest BCUT2D eigenvalue weighted by Gasteiger charge is 2.55. The van der Waals surface area contributed by atoms with Crippen LogP contribution in [0, 0.1) is 11.8 Å². The van der Waals surface area contributed by atoms with Crippen molar-refractivity contribution in [1.29, 1.82) is 0 Å². The smallest absolute Gasteiger partial charge is 0.490 e. The molecule has 0 radical (unpaired) electrons. The zero-order valence-electron chi connectivity index (χ0n) is 16.7. The highest BCUT2D eigenvalue weighted by atomic mass is 19.4. The van der Waals surface area contributed by atoms with Crippen LogP contribution in [0.4, 0.5) is 17.6 Å². The first-order valence-corrected chi connectivity index (χ1v) is 10.0. The van der Waals surface area contributed by atoms with Gasteiger partial charge in [0.2, 0.25) is 5.91 Å². The maximum absolute atomic E-state index is 12.9. The summed E-state index contributed by atoms with van der Waals surface area (Å²) in [4.78, 5) is 27.0. The van der Waals surface area contributed by atoms with Gasteiger partial charge in [0.25, 0.3) is 0 Å². The second-order valence-electron chi connectivity index (χ2n) is 7.99. The Labute approximate surface area is 176 Å². The minimum Gasteiger partial charge on any atom is -0.492 e. The number of rotatable bonds is 5. The van der Waals surface area contributed by atoms with E-state index in [2.05, 4.69) is 4.98 Å². The van der Waals surface area contributed by atoms with Gasteiger partial charge in [0, 0.05) is 18.7 Å². The highest BCUT2D eigenvalue weighted by Crippen LogP contribution is 2.43. The van der Waals surface area contributed by atoms with Crippen LogP contribution in [-0.2, 0) is 14.3 Å². The first-order chi connectivity index (χ1) is 14.6. The number of carbonyl (C=O) groups excluding carboxylic acids is 1. The van der Waals surface area contributed by atoms with Crippen LogP contribution in [0.1, 0.15) is 25.7 Å². The number of carboxylic acid groups (broad SMARTS) is 1. The van der Waals surface area contributed by atoms with E-state index in [1.54, 1.807) is 12.4 Å². The summed E-state index contributed by atoms with van der Waals surface area (Å²) in [6, 6.07) is 3.75. The van der Waals surface area contributed by atoms with Crippen molar-refractivity contribution in [2.45, 2.75) is 43.6 Å². The zero-order chi connectivity index (χ0) is 22.6. The Bertz CT molecular complexity index is 765. The fourth-order valence-electron chi connectivity index (χ4n) is 4.06. The number of ether oxygens (including phenoxy) is 2. The van der Waals surface area contributed by atoms with Crippen molar-refractivity contribution in [3.05, 3.63) is 24.5 Å². The van der Waals surface area contributed by atoms with Crippen molar-refractivity contribution >= 4 is 11.9 Å². The molecule has 31 heavy (non-hydrogen) atoms. The molecule has 1 aliphatic carbocycles. The van der Waals surface area contributed by atoms with Crippen LogP contribution in [0.5, 0.6) is 5.75 Å². The van der Waals surface area contributed by atoms with Crippen LogP contribution < -0.4 is 4.74 Å². The van der Waals surface area contributed by atoms with Gasteiger partial charge in [-0.3, -0.25) is 9.78 Å². The Morgan fingerprint density at radius 3 is 2.55 bits per heavy atom. The normalized spacial score (nSPS) is 26.3. The van der Waals surface area contributed by atoms with E-state index in [-0.39, 0.29) is 17.4 Å². The molecule has 3 fully saturated rings. The molecule has 11 heteroatoms. The number of aromatic nitrogens is 1. The molecule has 1 spiro atoms. The number of aliphatic carboxylic acids is 1. The molecule has 172 valence electrons. The highest BCUT2D eigenvalue weighted by molar-refractivity contribution is 5.81. The largest absolute Gasteiger partial charge is 0.492 e.